The molecule has 1 atom stereocenters. The van der Waals surface area contributed by atoms with Crippen molar-refractivity contribution in [3.05, 3.63) is 16.2 Å². The molecule has 4 rings (SSSR count). The van der Waals surface area contributed by atoms with Crippen LogP contribution in [-0.2, 0) is 26.0 Å². The Morgan fingerprint density at radius 3 is 2.73 bits per heavy atom. The number of hydrogen-bond acceptors (Lipinski definition) is 9. The molecule has 9 nitrogen and oxygen atoms in total. The minimum Gasteiger partial charge on any atom is -0.383 e. The van der Waals surface area contributed by atoms with Gasteiger partial charge in [-0.2, -0.15) is 9.29 Å². The predicted molar refractivity (Wildman–Crippen MR) is 118 cm³/mol. The van der Waals surface area contributed by atoms with Crippen LogP contribution >= 0.6 is 22.9 Å². The Kier molecular flexibility index (Phi) is 6.78. The van der Waals surface area contributed by atoms with E-state index in [1.807, 2.05) is 0 Å². The van der Waals surface area contributed by atoms with Crippen molar-refractivity contribution in [3.63, 3.8) is 0 Å². The monoisotopic (exact) mass is 475 g/mol. The molecule has 2 aromatic heterocycles. The third-order valence-electron chi connectivity index (χ3n) is 5.37. The maximum atomic E-state index is 12.1. The van der Waals surface area contributed by atoms with Crippen LogP contribution in [0.3, 0.4) is 0 Å². The maximum Gasteiger partial charge on any atom is 0.224 e. The third kappa shape index (κ3) is 4.87. The molecule has 12 heteroatoms. The number of methoxy groups -OCH3 is 1. The van der Waals surface area contributed by atoms with Gasteiger partial charge in [0.15, 0.2) is 5.82 Å². The first-order valence-corrected chi connectivity index (χ1v) is 12.9. The number of sulfonamides is 1. The highest BCUT2D eigenvalue weighted by atomic mass is 35.5. The molecule has 2 saturated heterocycles. The number of thiophene rings is 1. The molecule has 4 heterocycles. The Bertz CT molecular complexity index is 996. The van der Waals surface area contributed by atoms with Crippen molar-refractivity contribution >= 4 is 49.0 Å². The zero-order valence-corrected chi connectivity index (χ0v) is 19.5. The second kappa shape index (κ2) is 9.19. The van der Waals surface area contributed by atoms with Crippen LogP contribution in [0.5, 0.6) is 0 Å². The molecule has 0 amide bonds. The molecule has 2 fully saturated rings. The number of nitrogens with zero attached hydrogens (tertiary/aromatic N) is 5. The smallest absolute Gasteiger partial charge is 0.224 e. The molecule has 0 aliphatic carbocycles. The first kappa shape index (κ1) is 22.1. The summed E-state index contributed by atoms with van der Waals surface area (Å²) < 4.78 is 37.5. The van der Waals surface area contributed by atoms with Crippen molar-refractivity contribution < 1.29 is 17.9 Å². The Balaban J connectivity index is 1.54. The summed E-state index contributed by atoms with van der Waals surface area (Å²) in [6, 6.07) is 1.87. The fourth-order valence-corrected chi connectivity index (χ4v) is 6.44. The summed E-state index contributed by atoms with van der Waals surface area (Å²) in [4.78, 5) is 14.5. The summed E-state index contributed by atoms with van der Waals surface area (Å²) in [5.41, 5.74) is 0.847. The van der Waals surface area contributed by atoms with E-state index in [0.29, 0.717) is 39.5 Å². The zero-order valence-electron chi connectivity index (χ0n) is 17.1. The Morgan fingerprint density at radius 2 is 2.03 bits per heavy atom. The minimum absolute atomic E-state index is 0.189. The molecule has 2 aromatic rings. The van der Waals surface area contributed by atoms with Crippen molar-refractivity contribution in [2.45, 2.75) is 12.6 Å². The lowest BCUT2D eigenvalue weighted by Gasteiger charge is -2.39. The third-order valence-corrected chi connectivity index (χ3v) is 7.97. The molecule has 1 unspecified atom stereocenters. The van der Waals surface area contributed by atoms with Crippen molar-refractivity contribution in [3.8, 4) is 0 Å². The molecule has 0 radical (unpaired) electrons. The van der Waals surface area contributed by atoms with Crippen LogP contribution in [0.1, 0.15) is 4.88 Å². The van der Waals surface area contributed by atoms with Gasteiger partial charge >= 0.3 is 0 Å². The van der Waals surface area contributed by atoms with E-state index in [-0.39, 0.29) is 11.3 Å². The van der Waals surface area contributed by atoms with Crippen LogP contribution in [0.15, 0.2) is 6.07 Å². The van der Waals surface area contributed by atoms with E-state index in [9.17, 15) is 8.42 Å². The number of fused-ring (bicyclic) bond motifs is 1. The van der Waals surface area contributed by atoms with E-state index in [4.69, 9.17) is 21.1 Å². The van der Waals surface area contributed by atoms with E-state index in [2.05, 4.69) is 25.8 Å². The van der Waals surface area contributed by atoms with Gasteiger partial charge in [-0.15, -0.1) is 11.3 Å². The standard InChI is InChI=1S/C18H26ClN5O4S2/c1-27-12-13-10-22(3-4-24(13)30(2,25)26)11-14-9-15-16(29-14)17(21-18(19)20-15)23-5-7-28-8-6-23/h9,13H,3-8,10-12H2,1-2H3. The van der Waals surface area contributed by atoms with Crippen molar-refractivity contribution in [2.75, 3.05) is 70.8 Å². The number of ether oxygens (including phenoxy) is 2. The lowest BCUT2D eigenvalue weighted by atomic mass is 10.2. The summed E-state index contributed by atoms with van der Waals surface area (Å²) in [6.07, 6.45) is 1.26. The van der Waals surface area contributed by atoms with Gasteiger partial charge in [0.05, 0.1) is 42.3 Å². The molecular formula is C18H26ClN5O4S2. The maximum absolute atomic E-state index is 12.1. The van der Waals surface area contributed by atoms with Gasteiger partial charge < -0.3 is 14.4 Å². The Hall–Kier alpha value is -1.08. The van der Waals surface area contributed by atoms with Gasteiger partial charge in [-0.05, 0) is 17.7 Å². The van der Waals surface area contributed by atoms with E-state index >= 15 is 0 Å². The summed E-state index contributed by atoms with van der Waals surface area (Å²) in [5, 5.41) is 0.246. The van der Waals surface area contributed by atoms with Crippen LogP contribution in [0.2, 0.25) is 5.28 Å². The number of hydrogen-bond donors (Lipinski definition) is 0. The van der Waals surface area contributed by atoms with E-state index in [1.54, 1.807) is 22.8 Å². The fourth-order valence-electron chi connectivity index (χ4n) is 4.04. The van der Waals surface area contributed by atoms with Gasteiger partial charge in [-0.25, -0.2) is 13.4 Å². The molecular weight excluding hydrogens is 450 g/mol. The van der Waals surface area contributed by atoms with E-state index in [0.717, 1.165) is 40.5 Å². The summed E-state index contributed by atoms with van der Waals surface area (Å²) in [6.45, 7) is 5.76. The van der Waals surface area contributed by atoms with Crippen LogP contribution in [0.4, 0.5) is 5.82 Å². The molecule has 0 saturated carbocycles. The number of anilines is 1. The number of rotatable bonds is 6. The van der Waals surface area contributed by atoms with E-state index in [1.165, 1.54) is 6.26 Å². The van der Waals surface area contributed by atoms with Gasteiger partial charge in [0.25, 0.3) is 0 Å². The SMILES string of the molecule is COCC1CN(Cc2cc3nc(Cl)nc(N4CCOCC4)c3s2)CCN1S(C)(=O)=O. The van der Waals surface area contributed by atoms with Gasteiger partial charge in [0.2, 0.25) is 15.3 Å². The number of halogens is 1. The first-order chi connectivity index (χ1) is 14.3. The van der Waals surface area contributed by atoms with Crippen LogP contribution in [0, 0.1) is 0 Å². The molecule has 0 N–H and O–H groups in total. The second-order valence-corrected chi connectivity index (χ2v) is 11.0. The summed E-state index contributed by atoms with van der Waals surface area (Å²) >= 11 is 7.86. The molecule has 166 valence electrons. The highest BCUT2D eigenvalue weighted by Gasteiger charge is 2.33. The van der Waals surface area contributed by atoms with Gasteiger partial charge in [0.1, 0.15) is 0 Å². The molecule has 0 spiro atoms. The molecule has 0 bridgehead atoms. The molecule has 2 aliphatic rings. The minimum atomic E-state index is -3.26. The van der Waals surface area contributed by atoms with Crippen molar-refractivity contribution in [1.82, 2.24) is 19.2 Å². The van der Waals surface area contributed by atoms with Crippen molar-refractivity contribution in [1.29, 1.82) is 0 Å². The Labute approximate surface area is 185 Å². The lowest BCUT2D eigenvalue weighted by molar-refractivity contribution is 0.0671. The molecule has 30 heavy (non-hydrogen) atoms. The fraction of sp³-hybridized carbons (Fsp3) is 0.667. The number of morpholine rings is 1. The van der Waals surface area contributed by atoms with Crippen molar-refractivity contribution in [2.24, 2.45) is 0 Å². The average Bonchev–Trinajstić information content (AvgIpc) is 3.09. The summed E-state index contributed by atoms with van der Waals surface area (Å²) in [7, 11) is -1.66. The second-order valence-electron chi connectivity index (χ2n) is 7.56. The zero-order chi connectivity index (χ0) is 21.3. The van der Waals surface area contributed by atoms with Crippen LogP contribution in [0.25, 0.3) is 10.2 Å². The van der Waals surface area contributed by atoms with Crippen LogP contribution < -0.4 is 4.90 Å². The van der Waals surface area contributed by atoms with Gasteiger partial charge in [0, 0.05) is 51.3 Å². The molecule has 2 aliphatic heterocycles. The van der Waals surface area contributed by atoms with Crippen LogP contribution in [-0.4, -0.2) is 99.5 Å². The van der Waals surface area contributed by atoms with Gasteiger partial charge in [-0.1, -0.05) is 0 Å². The highest BCUT2D eigenvalue weighted by Crippen LogP contribution is 2.34. The lowest BCUT2D eigenvalue weighted by Crippen LogP contribution is -2.56. The highest BCUT2D eigenvalue weighted by molar-refractivity contribution is 7.88. The quantitative estimate of drug-likeness (QED) is 0.577. The topological polar surface area (TPSA) is 88.1 Å². The van der Waals surface area contributed by atoms with Gasteiger partial charge in [-0.3, -0.25) is 4.90 Å². The number of aromatic nitrogens is 2. The normalized spacial score (nSPS) is 22.1. The molecule has 0 aromatic carbocycles. The van der Waals surface area contributed by atoms with E-state index < -0.39 is 10.0 Å². The Morgan fingerprint density at radius 1 is 1.27 bits per heavy atom. The largest absolute Gasteiger partial charge is 0.383 e. The summed E-state index contributed by atoms with van der Waals surface area (Å²) in [5.74, 6) is 0.865. The average molecular weight is 476 g/mol. The predicted octanol–water partition coefficient (Wildman–Crippen LogP) is 1.27. The number of piperazine rings is 1. The first-order valence-electron chi connectivity index (χ1n) is 9.82.